The number of carbonyl (C=O) groups excluding carboxylic acids is 1. The van der Waals surface area contributed by atoms with Crippen molar-refractivity contribution in [3.05, 3.63) is 24.3 Å². The molecule has 1 aromatic carbocycles. The number of hydrogen-bond acceptors (Lipinski definition) is 3. The van der Waals surface area contributed by atoms with Gasteiger partial charge in [0.15, 0.2) is 0 Å². The van der Waals surface area contributed by atoms with Crippen LogP contribution in [0, 0.1) is 0 Å². The number of nitrogens with one attached hydrogen (secondary N) is 1. The topological polar surface area (TPSA) is 55.1 Å². The van der Waals surface area contributed by atoms with Gasteiger partial charge in [-0.15, -0.1) is 11.8 Å². The standard InChI is InChI=1S/C14H20N2OS/c1-10(15)14(17)16-11-6-8-13(9-7-11)18-12-4-2-3-5-12/h6-10,12H,2-5,15H2,1H3,(H,16,17). The third kappa shape index (κ3) is 3.75. The van der Waals surface area contributed by atoms with E-state index in [0.717, 1.165) is 10.9 Å². The maximum Gasteiger partial charge on any atom is 0.240 e. The zero-order chi connectivity index (χ0) is 13.0. The Bertz CT molecular complexity index is 397. The first-order valence-corrected chi connectivity index (χ1v) is 7.36. The molecule has 1 saturated carbocycles. The summed E-state index contributed by atoms with van der Waals surface area (Å²) in [6.45, 7) is 1.68. The fourth-order valence-corrected chi connectivity index (χ4v) is 3.32. The summed E-state index contributed by atoms with van der Waals surface area (Å²) in [6.07, 6.45) is 5.38. The highest BCUT2D eigenvalue weighted by Gasteiger charge is 2.16. The van der Waals surface area contributed by atoms with Crippen LogP contribution in [0.5, 0.6) is 0 Å². The lowest BCUT2D eigenvalue weighted by Gasteiger charge is -2.10. The van der Waals surface area contributed by atoms with Crippen molar-refractivity contribution < 1.29 is 4.79 Å². The highest BCUT2D eigenvalue weighted by molar-refractivity contribution is 8.00. The Kier molecular flexibility index (Phi) is 4.66. The molecule has 98 valence electrons. The number of nitrogens with two attached hydrogens (primary N) is 1. The lowest BCUT2D eigenvalue weighted by Crippen LogP contribution is -2.32. The van der Waals surface area contributed by atoms with E-state index >= 15 is 0 Å². The predicted molar refractivity (Wildman–Crippen MR) is 76.8 cm³/mol. The molecular weight excluding hydrogens is 244 g/mol. The van der Waals surface area contributed by atoms with E-state index in [1.165, 1.54) is 30.6 Å². The van der Waals surface area contributed by atoms with Crippen molar-refractivity contribution in [1.82, 2.24) is 0 Å². The largest absolute Gasteiger partial charge is 0.325 e. The fraction of sp³-hybridized carbons (Fsp3) is 0.500. The molecule has 4 heteroatoms. The van der Waals surface area contributed by atoms with Gasteiger partial charge >= 0.3 is 0 Å². The summed E-state index contributed by atoms with van der Waals surface area (Å²) >= 11 is 1.95. The Morgan fingerprint density at radius 2 is 1.94 bits per heavy atom. The minimum atomic E-state index is -0.474. The maximum absolute atomic E-state index is 11.4. The average molecular weight is 264 g/mol. The first-order valence-electron chi connectivity index (χ1n) is 6.48. The molecule has 0 heterocycles. The second kappa shape index (κ2) is 6.25. The van der Waals surface area contributed by atoms with E-state index in [-0.39, 0.29) is 5.91 Å². The van der Waals surface area contributed by atoms with Crippen molar-refractivity contribution >= 4 is 23.4 Å². The van der Waals surface area contributed by atoms with Crippen molar-refractivity contribution in [2.75, 3.05) is 5.32 Å². The summed E-state index contributed by atoms with van der Waals surface area (Å²) in [4.78, 5) is 12.7. The quantitative estimate of drug-likeness (QED) is 0.879. The number of rotatable bonds is 4. The van der Waals surface area contributed by atoms with Crippen molar-refractivity contribution in [2.24, 2.45) is 5.73 Å². The van der Waals surface area contributed by atoms with Crippen LogP contribution in [0.1, 0.15) is 32.6 Å². The van der Waals surface area contributed by atoms with Gasteiger partial charge in [0.2, 0.25) is 5.91 Å². The second-order valence-corrected chi connectivity index (χ2v) is 6.20. The van der Waals surface area contributed by atoms with E-state index in [1.54, 1.807) is 6.92 Å². The number of amides is 1. The summed E-state index contributed by atoms with van der Waals surface area (Å²) < 4.78 is 0. The van der Waals surface area contributed by atoms with E-state index < -0.39 is 6.04 Å². The Morgan fingerprint density at radius 1 is 1.33 bits per heavy atom. The summed E-state index contributed by atoms with van der Waals surface area (Å²) in [6, 6.07) is 7.55. The first kappa shape index (κ1) is 13.4. The molecule has 0 spiro atoms. The van der Waals surface area contributed by atoms with Gasteiger partial charge in [0, 0.05) is 15.8 Å². The molecule has 3 N–H and O–H groups in total. The molecule has 1 amide bonds. The normalized spacial score (nSPS) is 17.7. The van der Waals surface area contributed by atoms with E-state index in [2.05, 4.69) is 17.4 Å². The van der Waals surface area contributed by atoms with Crippen LogP contribution in [0.25, 0.3) is 0 Å². The number of thioether (sulfide) groups is 1. The van der Waals surface area contributed by atoms with Gasteiger partial charge in [0.1, 0.15) is 0 Å². The monoisotopic (exact) mass is 264 g/mol. The van der Waals surface area contributed by atoms with Crippen molar-refractivity contribution in [1.29, 1.82) is 0 Å². The van der Waals surface area contributed by atoms with Crippen LogP contribution in [-0.2, 0) is 4.79 Å². The average Bonchev–Trinajstić information content (AvgIpc) is 2.84. The highest BCUT2D eigenvalue weighted by atomic mass is 32.2. The van der Waals surface area contributed by atoms with Gasteiger partial charge in [-0.25, -0.2) is 0 Å². The molecule has 1 aliphatic rings. The molecule has 0 bridgehead atoms. The Labute approximate surface area is 113 Å². The number of benzene rings is 1. The Balaban J connectivity index is 1.90. The zero-order valence-electron chi connectivity index (χ0n) is 10.7. The Morgan fingerprint density at radius 3 is 2.50 bits per heavy atom. The van der Waals surface area contributed by atoms with Crippen LogP contribution in [0.15, 0.2) is 29.2 Å². The van der Waals surface area contributed by atoms with E-state index in [9.17, 15) is 4.79 Å². The number of carbonyl (C=O) groups is 1. The zero-order valence-corrected chi connectivity index (χ0v) is 11.5. The van der Waals surface area contributed by atoms with E-state index in [1.807, 2.05) is 23.9 Å². The Hall–Kier alpha value is -1.00. The van der Waals surface area contributed by atoms with Gasteiger partial charge in [0.25, 0.3) is 0 Å². The molecule has 1 fully saturated rings. The van der Waals surface area contributed by atoms with Crippen molar-refractivity contribution in [3.63, 3.8) is 0 Å². The van der Waals surface area contributed by atoms with Crippen LogP contribution in [0.3, 0.4) is 0 Å². The summed E-state index contributed by atoms with van der Waals surface area (Å²) in [5.41, 5.74) is 6.32. The van der Waals surface area contributed by atoms with Gasteiger partial charge in [-0.3, -0.25) is 4.79 Å². The summed E-state index contributed by atoms with van der Waals surface area (Å²) in [7, 11) is 0. The van der Waals surface area contributed by atoms with Crippen LogP contribution in [-0.4, -0.2) is 17.2 Å². The molecule has 0 radical (unpaired) electrons. The van der Waals surface area contributed by atoms with Crippen LogP contribution < -0.4 is 11.1 Å². The predicted octanol–water partition coefficient (Wildman–Crippen LogP) is 3.01. The molecule has 0 saturated heterocycles. The molecule has 1 unspecified atom stereocenters. The van der Waals surface area contributed by atoms with Gasteiger partial charge in [0.05, 0.1) is 6.04 Å². The molecule has 1 aliphatic carbocycles. The lowest BCUT2D eigenvalue weighted by atomic mass is 10.3. The number of hydrogen-bond donors (Lipinski definition) is 2. The third-order valence-electron chi connectivity index (χ3n) is 3.14. The van der Waals surface area contributed by atoms with Crippen LogP contribution in [0.4, 0.5) is 5.69 Å². The first-order chi connectivity index (χ1) is 8.65. The summed E-state index contributed by atoms with van der Waals surface area (Å²) in [5, 5.41) is 3.56. The minimum absolute atomic E-state index is 0.147. The van der Waals surface area contributed by atoms with Crippen molar-refractivity contribution in [2.45, 2.75) is 48.8 Å². The molecule has 18 heavy (non-hydrogen) atoms. The van der Waals surface area contributed by atoms with Crippen LogP contribution >= 0.6 is 11.8 Å². The number of anilines is 1. The molecule has 0 aliphatic heterocycles. The minimum Gasteiger partial charge on any atom is -0.325 e. The third-order valence-corrected chi connectivity index (χ3v) is 4.49. The fourth-order valence-electron chi connectivity index (χ4n) is 2.07. The molecule has 3 nitrogen and oxygen atoms in total. The molecular formula is C14H20N2OS. The highest BCUT2D eigenvalue weighted by Crippen LogP contribution is 2.34. The van der Waals surface area contributed by atoms with Gasteiger partial charge in [-0.05, 0) is 44.0 Å². The molecule has 1 aromatic rings. The molecule has 0 aromatic heterocycles. The van der Waals surface area contributed by atoms with Gasteiger partial charge in [-0.1, -0.05) is 12.8 Å². The van der Waals surface area contributed by atoms with Gasteiger partial charge in [-0.2, -0.15) is 0 Å². The van der Waals surface area contributed by atoms with Crippen molar-refractivity contribution in [3.8, 4) is 0 Å². The maximum atomic E-state index is 11.4. The molecule has 1 atom stereocenters. The molecule has 2 rings (SSSR count). The second-order valence-electron chi connectivity index (χ2n) is 4.83. The van der Waals surface area contributed by atoms with Crippen LogP contribution in [0.2, 0.25) is 0 Å². The van der Waals surface area contributed by atoms with Gasteiger partial charge < -0.3 is 11.1 Å². The summed E-state index contributed by atoms with van der Waals surface area (Å²) in [5.74, 6) is -0.147. The van der Waals surface area contributed by atoms with E-state index in [4.69, 9.17) is 5.73 Å². The van der Waals surface area contributed by atoms with E-state index in [0.29, 0.717) is 0 Å². The lowest BCUT2D eigenvalue weighted by molar-refractivity contribution is -0.117. The SMILES string of the molecule is CC(N)C(=O)Nc1ccc(SC2CCCC2)cc1. The smallest absolute Gasteiger partial charge is 0.240 e.